The van der Waals surface area contributed by atoms with Crippen LogP contribution < -0.4 is 0 Å². The molecule has 0 bridgehead atoms. The van der Waals surface area contributed by atoms with E-state index in [0.717, 1.165) is 59.4 Å². The normalized spacial score (nSPS) is 9.21. The Balaban J connectivity index is 0.000000448. The molecule has 2 aromatic heterocycles. The van der Waals surface area contributed by atoms with Crippen LogP contribution in [0.4, 0.5) is 0 Å². The van der Waals surface area contributed by atoms with Crippen molar-refractivity contribution in [3.05, 3.63) is 39.7 Å². The molecule has 1 N–H and O–H groups in total. The first-order valence-corrected chi connectivity index (χ1v) is 11.2. The van der Waals surface area contributed by atoms with Crippen LogP contribution >= 0.6 is 35.6 Å². The third-order valence-electron chi connectivity index (χ3n) is 3.12. The number of aromatic amines is 1. The topological polar surface area (TPSA) is 54.5 Å². The van der Waals surface area contributed by atoms with E-state index in [-0.39, 0.29) is 0 Å². The third kappa shape index (κ3) is 15.7. The molecule has 0 fully saturated rings. The molecule has 0 radical (unpaired) electrons. The lowest BCUT2D eigenvalue weighted by molar-refractivity contribution is 0.896. The Morgan fingerprint density at radius 3 is 1.97 bits per heavy atom. The lowest BCUT2D eigenvalue weighted by atomic mass is 10.4. The van der Waals surface area contributed by atoms with Crippen LogP contribution in [0.1, 0.15) is 48.5 Å². The number of hydrogen-bond acceptors (Lipinski definition) is 5. The standard InChI is InChI=1S/C11H14N2S.C6H8N2S.C5H7Cl/c1-4-5-6-7-14-11-12-9(2)8-10(3)13-11;1-4-3-5(2)8-6(9)7-4;1-2-3-4-5-6/h1,8H,5-7H2,2-3H3;3H,1-2H3,(H,7,8,9);1H,3-5H2. The van der Waals surface area contributed by atoms with Crippen LogP contribution in [-0.2, 0) is 0 Å². The average molecular weight is 449 g/mol. The highest BCUT2D eigenvalue weighted by Crippen LogP contribution is 2.15. The summed E-state index contributed by atoms with van der Waals surface area (Å²) in [5, 5.41) is 0.861. The number of unbranched alkanes of at least 4 members (excludes halogenated alkanes) is 2. The number of aromatic nitrogens is 4. The van der Waals surface area contributed by atoms with Gasteiger partial charge in [-0.1, -0.05) is 11.8 Å². The van der Waals surface area contributed by atoms with Gasteiger partial charge in [-0.15, -0.1) is 36.3 Å². The van der Waals surface area contributed by atoms with Crippen molar-refractivity contribution in [1.82, 2.24) is 19.9 Å². The van der Waals surface area contributed by atoms with Crippen molar-refractivity contribution in [2.75, 3.05) is 11.6 Å². The molecular weight excluding hydrogens is 420 g/mol. The fourth-order valence-electron chi connectivity index (χ4n) is 2.00. The Labute approximate surface area is 189 Å². The molecule has 7 heteroatoms. The number of rotatable bonds is 6. The second-order valence-corrected chi connectivity index (χ2v) is 7.92. The Morgan fingerprint density at radius 2 is 1.52 bits per heavy atom. The van der Waals surface area contributed by atoms with Gasteiger partial charge in [0.25, 0.3) is 0 Å². The van der Waals surface area contributed by atoms with Crippen LogP contribution in [0.3, 0.4) is 0 Å². The largest absolute Gasteiger partial charge is 0.335 e. The summed E-state index contributed by atoms with van der Waals surface area (Å²) in [5.41, 5.74) is 4.08. The molecule has 0 unspecified atom stereocenters. The molecular formula is C22H29ClN4S2. The lowest BCUT2D eigenvalue weighted by Gasteiger charge is -2.01. The summed E-state index contributed by atoms with van der Waals surface area (Å²) in [6, 6.07) is 3.93. The molecule has 2 aromatic rings. The molecule has 0 saturated carbocycles. The van der Waals surface area contributed by atoms with Crippen molar-refractivity contribution in [2.45, 2.75) is 58.5 Å². The molecule has 0 atom stereocenters. The second-order valence-electron chi connectivity index (χ2n) is 6.10. The number of H-pyrrole nitrogens is 1. The molecule has 0 amide bonds. The molecule has 2 heterocycles. The van der Waals surface area contributed by atoms with Crippen molar-refractivity contribution in [1.29, 1.82) is 0 Å². The molecule has 0 spiro atoms. The molecule has 2 rings (SSSR count). The molecule has 0 aliphatic rings. The Hall–Kier alpha value is -1.86. The predicted molar refractivity (Wildman–Crippen MR) is 128 cm³/mol. The van der Waals surface area contributed by atoms with Crippen LogP contribution in [-0.4, -0.2) is 31.6 Å². The molecule has 0 aromatic carbocycles. The van der Waals surface area contributed by atoms with E-state index in [1.54, 1.807) is 11.8 Å². The maximum absolute atomic E-state index is 5.28. The molecule has 0 aliphatic heterocycles. The molecule has 156 valence electrons. The van der Waals surface area contributed by atoms with Gasteiger partial charge in [0.2, 0.25) is 0 Å². The van der Waals surface area contributed by atoms with Crippen LogP contribution in [0.15, 0.2) is 17.3 Å². The van der Waals surface area contributed by atoms with Gasteiger partial charge in [0.15, 0.2) is 9.93 Å². The summed E-state index contributed by atoms with van der Waals surface area (Å²) in [5.74, 6) is 6.78. The predicted octanol–water partition coefficient (Wildman–Crippen LogP) is 5.99. The van der Waals surface area contributed by atoms with Gasteiger partial charge in [-0.2, -0.15) is 0 Å². The van der Waals surface area contributed by atoms with Crippen molar-refractivity contribution in [3.8, 4) is 24.7 Å². The van der Waals surface area contributed by atoms with E-state index < -0.39 is 0 Å². The summed E-state index contributed by atoms with van der Waals surface area (Å²) in [7, 11) is 0. The number of hydrogen-bond donors (Lipinski definition) is 1. The highest BCUT2D eigenvalue weighted by Gasteiger charge is 1.99. The second kappa shape index (κ2) is 17.0. The quantitative estimate of drug-likeness (QED) is 0.147. The number of nitrogens with zero attached hydrogens (tertiary/aromatic N) is 3. The monoisotopic (exact) mass is 448 g/mol. The first kappa shape index (κ1) is 27.1. The Morgan fingerprint density at radius 1 is 0.966 bits per heavy atom. The number of alkyl halides is 1. The summed E-state index contributed by atoms with van der Waals surface area (Å²) in [6.07, 6.45) is 13.7. The summed E-state index contributed by atoms with van der Waals surface area (Å²) in [4.78, 5) is 15.6. The SMILES string of the molecule is C#CCCCCl.C#CCCCSc1nc(C)cc(C)n1.Cc1cc(C)[nH]c(=S)n1. The van der Waals surface area contributed by atoms with Crippen molar-refractivity contribution in [3.63, 3.8) is 0 Å². The highest BCUT2D eigenvalue weighted by atomic mass is 35.5. The fraction of sp³-hybridized carbons (Fsp3) is 0.455. The van der Waals surface area contributed by atoms with Gasteiger partial charge in [0.1, 0.15) is 0 Å². The van der Waals surface area contributed by atoms with E-state index in [2.05, 4.69) is 31.8 Å². The summed E-state index contributed by atoms with van der Waals surface area (Å²) < 4.78 is 0.563. The van der Waals surface area contributed by atoms with E-state index in [4.69, 9.17) is 36.7 Å². The van der Waals surface area contributed by atoms with Gasteiger partial charge in [-0.05, 0) is 64.9 Å². The van der Waals surface area contributed by atoms with E-state index >= 15 is 0 Å². The fourth-order valence-corrected chi connectivity index (χ4v) is 3.33. The zero-order valence-corrected chi connectivity index (χ0v) is 20.0. The third-order valence-corrected chi connectivity index (χ3v) is 4.51. The maximum atomic E-state index is 5.28. The Bertz CT molecular complexity index is 823. The van der Waals surface area contributed by atoms with Gasteiger partial charge in [0.05, 0.1) is 0 Å². The van der Waals surface area contributed by atoms with E-state index in [1.165, 1.54) is 0 Å². The minimum atomic E-state index is 0.563. The number of nitrogens with one attached hydrogen (secondary N) is 1. The first-order chi connectivity index (χ1) is 13.8. The van der Waals surface area contributed by atoms with Gasteiger partial charge >= 0.3 is 0 Å². The van der Waals surface area contributed by atoms with E-state index in [0.29, 0.717) is 10.7 Å². The number of terminal acetylenes is 2. The highest BCUT2D eigenvalue weighted by molar-refractivity contribution is 7.99. The molecule has 4 nitrogen and oxygen atoms in total. The molecule has 29 heavy (non-hydrogen) atoms. The van der Waals surface area contributed by atoms with Crippen molar-refractivity contribution in [2.24, 2.45) is 0 Å². The van der Waals surface area contributed by atoms with Gasteiger partial charge in [-0.25, -0.2) is 15.0 Å². The van der Waals surface area contributed by atoms with Crippen LogP contribution in [0.2, 0.25) is 0 Å². The minimum absolute atomic E-state index is 0.563. The average Bonchev–Trinajstić information content (AvgIpc) is 2.63. The van der Waals surface area contributed by atoms with Crippen molar-refractivity contribution >= 4 is 35.6 Å². The zero-order valence-electron chi connectivity index (χ0n) is 17.6. The van der Waals surface area contributed by atoms with Crippen LogP contribution in [0.5, 0.6) is 0 Å². The summed E-state index contributed by atoms with van der Waals surface area (Å²) >= 11 is 11.8. The van der Waals surface area contributed by atoms with Crippen molar-refractivity contribution < 1.29 is 0 Å². The number of thioether (sulfide) groups is 1. The first-order valence-electron chi connectivity index (χ1n) is 9.24. The molecule has 0 saturated heterocycles. The minimum Gasteiger partial charge on any atom is -0.335 e. The Kier molecular flexibility index (Phi) is 15.9. The molecule has 0 aliphatic carbocycles. The zero-order chi connectivity index (χ0) is 22.1. The van der Waals surface area contributed by atoms with Gasteiger partial charge < -0.3 is 4.98 Å². The smallest absolute Gasteiger partial charge is 0.197 e. The lowest BCUT2D eigenvalue weighted by Crippen LogP contribution is -1.93. The van der Waals surface area contributed by atoms with Crippen LogP contribution in [0, 0.1) is 57.2 Å². The van der Waals surface area contributed by atoms with E-state index in [1.807, 2.05) is 39.8 Å². The number of halogens is 1. The van der Waals surface area contributed by atoms with Crippen LogP contribution in [0.25, 0.3) is 0 Å². The van der Waals surface area contributed by atoms with Gasteiger partial charge in [-0.3, -0.25) is 0 Å². The van der Waals surface area contributed by atoms with E-state index in [9.17, 15) is 0 Å². The summed E-state index contributed by atoms with van der Waals surface area (Å²) in [6.45, 7) is 7.86. The van der Waals surface area contributed by atoms with Gasteiger partial charge in [0, 0.05) is 47.3 Å². The number of aryl methyl sites for hydroxylation is 4. The maximum Gasteiger partial charge on any atom is 0.197 e.